The van der Waals surface area contributed by atoms with Gasteiger partial charge in [0.15, 0.2) is 0 Å². The molecule has 0 aromatic rings. The molecule has 4 nitrogen and oxygen atoms in total. The van der Waals surface area contributed by atoms with Gasteiger partial charge in [0.1, 0.15) is 0 Å². The number of hydrogen-bond donors (Lipinski definition) is 4. The van der Waals surface area contributed by atoms with Gasteiger partial charge in [-0.25, -0.2) is 0 Å². The van der Waals surface area contributed by atoms with Crippen molar-refractivity contribution in [2.45, 2.75) is 39.0 Å². The molecule has 0 saturated heterocycles. The predicted molar refractivity (Wildman–Crippen MR) is 83.7 cm³/mol. The van der Waals surface area contributed by atoms with E-state index in [2.05, 4.69) is 28.2 Å². The Bertz CT molecular complexity index is 183. The molecule has 0 spiro atoms. The number of rotatable bonds is 15. The lowest BCUT2D eigenvalue weighted by Crippen LogP contribution is -2.27. The van der Waals surface area contributed by atoms with Gasteiger partial charge in [0.2, 0.25) is 0 Å². The topological polar surface area (TPSA) is 48.1 Å². The van der Waals surface area contributed by atoms with Gasteiger partial charge >= 0.3 is 0 Å². The van der Waals surface area contributed by atoms with E-state index >= 15 is 0 Å². The third kappa shape index (κ3) is 12.6. The molecule has 0 aromatic heterocycles. The molecule has 0 amide bonds. The quantitative estimate of drug-likeness (QED) is 0.335. The minimum absolute atomic E-state index is 1.01. The van der Waals surface area contributed by atoms with Gasteiger partial charge in [-0.3, -0.25) is 0 Å². The van der Waals surface area contributed by atoms with Gasteiger partial charge < -0.3 is 21.3 Å². The molecule has 1 saturated carbocycles. The first-order chi connectivity index (χ1) is 9.43. The zero-order chi connectivity index (χ0) is 13.6. The molecule has 114 valence electrons. The molecule has 19 heavy (non-hydrogen) atoms. The van der Waals surface area contributed by atoms with Gasteiger partial charge in [0.25, 0.3) is 0 Å². The van der Waals surface area contributed by atoms with Crippen LogP contribution < -0.4 is 21.3 Å². The molecule has 0 heterocycles. The van der Waals surface area contributed by atoms with E-state index in [-0.39, 0.29) is 0 Å². The second-order valence-electron chi connectivity index (χ2n) is 5.56. The van der Waals surface area contributed by atoms with E-state index < -0.39 is 0 Å². The molecule has 0 radical (unpaired) electrons. The maximum Gasteiger partial charge on any atom is -0.00205 e. The van der Waals surface area contributed by atoms with Crippen molar-refractivity contribution in [1.82, 2.24) is 21.3 Å². The van der Waals surface area contributed by atoms with Crippen molar-refractivity contribution in [2.24, 2.45) is 5.92 Å². The summed E-state index contributed by atoms with van der Waals surface area (Å²) in [7, 11) is 0. The highest BCUT2D eigenvalue weighted by molar-refractivity contribution is 4.75. The standard InChI is InChI=1S/C15H34N4/c1-2-16-8-3-9-17-10-4-11-18-12-5-13-19-14-15-6-7-15/h15-19H,2-14H2,1H3. The van der Waals surface area contributed by atoms with E-state index in [0.29, 0.717) is 0 Å². The highest BCUT2D eigenvalue weighted by atomic mass is 14.9. The van der Waals surface area contributed by atoms with Crippen molar-refractivity contribution in [1.29, 1.82) is 0 Å². The van der Waals surface area contributed by atoms with Crippen molar-refractivity contribution in [3.63, 3.8) is 0 Å². The molecule has 0 atom stereocenters. The fourth-order valence-electron chi connectivity index (χ4n) is 2.07. The fraction of sp³-hybridized carbons (Fsp3) is 1.00. The van der Waals surface area contributed by atoms with E-state index in [4.69, 9.17) is 0 Å². The minimum atomic E-state index is 1.01. The largest absolute Gasteiger partial charge is 0.317 e. The van der Waals surface area contributed by atoms with Crippen LogP contribution in [0.3, 0.4) is 0 Å². The van der Waals surface area contributed by atoms with Gasteiger partial charge in [0, 0.05) is 0 Å². The van der Waals surface area contributed by atoms with Crippen LogP contribution in [0.2, 0.25) is 0 Å². The molecule has 1 fully saturated rings. The van der Waals surface area contributed by atoms with Crippen LogP contribution in [0.25, 0.3) is 0 Å². The third-order valence-electron chi connectivity index (χ3n) is 3.50. The van der Waals surface area contributed by atoms with Crippen molar-refractivity contribution < 1.29 is 0 Å². The lowest BCUT2D eigenvalue weighted by molar-refractivity contribution is 0.549. The normalized spacial score (nSPS) is 15.0. The molecule has 0 unspecified atom stereocenters. The maximum atomic E-state index is 3.52. The molecule has 4 N–H and O–H groups in total. The van der Waals surface area contributed by atoms with E-state index in [9.17, 15) is 0 Å². The van der Waals surface area contributed by atoms with Crippen LogP contribution in [0.5, 0.6) is 0 Å². The Morgan fingerprint density at radius 2 is 1.16 bits per heavy atom. The maximum absolute atomic E-state index is 3.52. The monoisotopic (exact) mass is 270 g/mol. The van der Waals surface area contributed by atoms with Crippen LogP contribution in [0.4, 0.5) is 0 Å². The Morgan fingerprint density at radius 3 is 1.63 bits per heavy atom. The minimum Gasteiger partial charge on any atom is -0.317 e. The van der Waals surface area contributed by atoms with E-state index in [1.165, 1.54) is 45.2 Å². The van der Waals surface area contributed by atoms with Crippen molar-refractivity contribution >= 4 is 0 Å². The van der Waals surface area contributed by atoms with Crippen LogP contribution in [0.1, 0.15) is 39.0 Å². The molecule has 1 rings (SSSR count). The van der Waals surface area contributed by atoms with Crippen LogP contribution in [-0.4, -0.2) is 52.4 Å². The molecule has 1 aliphatic rings. The first-order valence-corrected chi connectivity index (χ1v) is 8.26. The summed E-state index contributed by atoms with van der Waals surface area (Å²) in [5.41, 5.74) is 0. The summed E-state index contributed by atoms with van der Waals surface area (Å²) in [6, 6.07) is 0. The number of nitrogens with one attached hydrogen (secondary N) is 4. The summed E-state index contributed by atoms with van der Waals surface area (Å²) in [5.74, 6) is 1.01. The van der Waals surface area contributed by atoms with Crippen molar-refractivity contribution in [3.8, 4) is 0 Å². The average molecular weight is 270 g/mol. The Kier molecular flexibility index (Phi) is 11.4. The summed E-state index contributed by atoms with van der Waals surface area (Å²) in [6.07, 6.45) is 6.62. The van der Waals surface area contributed by atoms with Crippen molar-refractivity contribution in [2.75, 3.05) is 52.4 Å². The first-order valence-electron chi connectivity index (χ1n) is 8.26. The van der Waals surface area contributed by atoms with Crippen molar-refractivity contribution in [3.05, 3.63) is 0 Å². The summed E-state index contributed by atoms with van der Waals surface area (Å²) in [6.45, 7) is 11.4. The smallest absolute Gasteiger partial charge is 0.00205 e. The zero-order valence-electron chi connectivity index (χ0n) is 12.8. The summed E-state index contributed by atoms with van der Waals surface area (Å²) in [4.78, 5) is 0. The van der Waals surface area contributed by atoms with Crippen LogP contribution in [0.15, 0.2) is 0 Å². The van der Waals surface area contributed by atoms with Gasteiger partial charge in [0.05, 0.1) is 0 Å². The SMILES string of the molecule is CCNCCCNCCCNCCCNCC1CC1. The van der Waals surface area contributed by atoms with Crippen LogP contribution >= 0.6 is 0 Å². The zero-order valence-corrected chi connectivity index (χ0v) is 12.8. The van der Waals surface area contributed by atoms with E-state index in [1.807, 2.05) is 0 Å². The van der Waals surface area contributed by atoms with Crippen LogP contribution in [0, 0.1) is 5.92 Å². The molecule has 0 bridgehead atoms. The summed E-state index contributed by atoms with van der Waals surface area (Å²) < 4.78 is 0. The molecular weight excluding hydrogens is 236 g/mol. The average Bonchev–Trinajstić information content (AvgIpc) is 3.23. The van der Waals surface area contributed by atoms with Gasteiger partial charge in [-0.05, 0) is 90.4 Å². The van der Waals surface area contributed by atoms with Gasteiger partial charge in [-0.15, -0.1) is 0 Å². The second kappa shape index (κ2) is 12.9. The lowest BCUT2D eigenvalue weighted by Gasteiger charge is -2.07. The van der Waals surface area contributed by atoms with Gasteiger partial charge in [-0.1, -0.05) is 6.92 Å². The predicted octanol–water partition coefficient (Wildman–Crippen LogP) is 0.945. The highest BCUT2D eigenvalue weighted by Crippen LogP contribution is 2.27. The van der Waals surface area contributed by atoms with Gasteiger partial charge in [-0.2, -0.15) is 0 Å². The highest BCUT2D eigenvalue weighted by Gasteiger charge is 2.19. The summed E-state index contributed by atoms with van der Waals surface area (Å²) in [5, 5.41) is 13.9. The fourth-order valence-corrected chi connectivity index (χ4v) is 2.07. The number of hydrogen-bond acceptors (Lipinski definition) is 4. The molecule has 0 aliphatic heterocycles. The third-order valence-corrected chi connectivity index (χ3v) is 3.50. The molecule has 4 heteroatoms. The Hall–Kier alpha value is -0.160. The van der Waals surface area contributed by atoms with E-state index in [1.54, 1.807) is 0 Å². The Labute approximate surface area is 119 Å². The van der Waals surface area contributed by atoms with Crippen LogP contribution in [-0.2, 0) is 0 Å². The van der Waals surface area contributed by atoms with E-state index in [0.717, 1.165) is 45.2 Å². The molecule has 1 aliphatic carbocycles. The summed E-state index contributed by atoms with van der Waals surface area (Å²) >= 11 is 0. The Morgan fingerprint density at radius 1 is 0.684 bits per heavy atom. The molecule has 0 aromatic carbocycles. The lowest BCUT2D eigenvalue weighted by atomic mass is 10.3. The first kappa shape index (κ1) is 16.9. The Balaban J connectivity index is 1.60. The second-order valence-corrected chi connectivity index (χ2v) is 5.56. The molecular formula is C15H34N4.